The number of aromatic carboxylic acids is 1. The van der Waals surface area contributed by atoms with Crippen LogP contribution in [0.5, 0.6) is 0 Å². The summed E-state index contributed by atoms with van der Waals surface area (Å²) in [6.45, 7) is 3.02. The SMILES string of the molecule is CC(=O)c1cc(C(=O)Nc2c[nH]c(C)c2C(=O)O)n(C)c1. The number of ketones is 1. The molecule has 0 aliphatic carbocycles. The number of aryl methyl sites for hydroxylation is 2. The molecule has 0 spiro atoms. The monoisotopic (exact) mass is 289 g/mol. The maximum atomic E-state index is 12.2. The molecule has 110 valence electrons. The molecule has 21 heavy (non-hydrogen) atoms. The van der Waals surface area contributed by atoms with Crippen molar-refractivity contribution in [3.63, 3.8) is 0 Å². The number of hydrogen-bond acceptors (Lipinski definition) is 3. The molecule has 0 aliphatic rings. The molecule has 0 radical (unpaired) electrons. The van der Waals surface area contributed by atoms with Crippen molar-refractivity contribution >= 4 is 23.3 Å². The van der Waals surface area contributed by atoms with Gasteiger partial charge in [0, 0.05) is 30.7 Å². The Bertz CT molecular complexity index is 739. The van der Waals surface area contributed by atoms with Crippen molar-refractivity contribution in [3.05, 3.63) is 41.0 Å². The number of hydrogen-bond donors (Lipinski definition) is 3. The number of anilines is 1. The van der Waals surface area contributed by atoms with Crippen molar-refractivity contribution in [1.82, 2.24) is 9.55 Å². The maximum Gasteiger partial charge on any atom is 0.339 e. The molecular formula is C14H15N3O4. The van der Waals surface area contributed by atoms with E-state index < -0.39 is 11.9 Å². The summed E-state index contributed by atoms with van der Waals surface area (Å²) in [5.74, 6) is -1.75. The molecule has 2 aromatic rings. The van der Waals surface area contributed by atoms with Crippen molar-refractivity contribution < 1.29 is 19.5 Å². The lowest BCUT2D eigenvalue weighted by Crippen LogP contribution is -2.16. The molecule has 1 amide bonds. The summed E-state index contributed by atoms with van der Waals surface area (Å²) < 4.78 is 1.52. The Morgan fingerprint density at radius 1 is 1.33 bits per heavy atom. The number of carboxylic acids is 1. The Morgan fingerprint density at radius 2 is 2.00 bits per heavy atom. The molecule has 7 heteroatoms. The highest BCUT2D eigenvalue weighted by molar-refractivity contribution is 6.08. The van der Waals surface area contributed by atoms with Crippen LogP contribution < -0.4 is 5.32 Å². The smallest absolute Gasteiger partial charge is 0.339 e. The lowest BCUT2D eigenvalue weighted by atomic mass is 10.2. The minimum Gasteiger partial charge on any atom is -0.478 e. The highest BCUT2D eigenvalue weighted by Crippen LogP contribution is 2.20. The molecule has 0 aromatic carbocycles. The average Bonchev–Trinajstić information content (AvgIpc) is 2.93. The van der Waals surface area contributed by atoms with E-state index in [9.17, 15) is 14.4 Å². The predicted octanol–water partition coefficient (Wildman–Crippen LogP) is 1.81. The van der Waals surface area contributed by atoms with E-state index in [-0.39, 0.29) is 22.7 Å². The fourth-order valence-corrected chi connectivity index (χ4v) is 2.07. The van der Waals surface area contributed by atoms with Gasteiger partial charge in [0.15, 0.2) is 5.78 Å². The van der Waals surface area contributed by atoms with E-state index >= 15 is 0 Å². The molecule has 0 saturated carbocycles. The molecule has 3 N–H and O–H groups in total. The minimum absolute atomic E-state index is 0.0179. The first kappa shape index (κ1) is 14.6. The van der Waals surface area contributed by atoms with Crippen LogP contribution in [0.1, 0.15) is 43.8 Å². The van der Waals surface area contributed by atoms with Crippen LogP contribution in [0.2, 0.25) is 0 Å². The Kier molecular flexibility index (Phi) is 3.66. The summed E-state index contributed by atoms with van der Waals surface area (Å²) in [6.07, 6.45) is 2.98. The molecule has 0 atom stereocenters. The second-order valence-electron chi connectivity index (χ2n) is 4.74. The number of nitrogens with one attached hydrogen (secondary N) is 2. The summed E-state index contributed by atoms with van der Waals surface area (Å²) >= 11 is 0. The number of rotatable bonds is 4. The quantitative estimate of drug-likeness (QED) is 0.746. The average molecular weight is 289 g/mol. The summed E-state index contributed by atoms with van der Waals surface area (Å²) in [4.78, 5) is 37.4. The Hall–Kier alpha value is -2.83. The van der Waals surface area contributed by atoms with E-state index in [0.29, 0.717) is 11.3 Å². The molecule has 0 bridgehead atoms. The second-order valence-corrected chi connectivity index (χ2v) is 4.74. The number of aromatic amines is 1. The Morgan fingerprint density at radius 3 is 2.52 bits per heavy atom. The van der Waals surface area contributed by atoms with E-state index in [1.54, 1.807) is 20.2 Å². The van der Waals surface area contributed by atoms with Gasteiger partial charge in [-0.05, 0) is 19.9 Å². The number of carbonyl (C=O) groups is 3. The van der Waals surface area contributed by atoms with Crippen molar-refractivity contribution in [3.8, 4) is 0 Å². The van der Waals surface area contributed by atoms with Gasteiger partial charge in [-0.3, -0.25) is 9.59 Å². The van der Waals surface area contributed by atoms with Gasteiger partial charge in [0.2, 0.25) is 0 Å². The molecular weight excluding hydrogens is 274 g/mol. The number of H-pyrrole nitrogens is 1. The molecule has 0 fully saturated rings. The van der Waals surface area contributed by atoms with Gasteiger partial charge in [-0.15, -0.1) is 0 Å². The van der Waals surface area contributed by atoms with Crippen LogP contribution in [-0.4, -0.2) is 32.3 Å². The van der Waals surface area contributed by atoms with Gasteiger partial charge in [-0.25, -0.2) is 4.79 Å². The highest BCUT2D eigenvalue weighted by atomic mass is 16.4. The summed E-state index contributed by atoms with van der Waals surface area (Å²) in [5, 5.41) is 11.7. The summed E-state index contributed by atoms with van der Waals surface area (Å²) in [7, 11) is 1.64. The third kappa shape index (κ3) is 2.71. The number of nitrogens with zero attached hydrogens (tertiary/aromatic N) is 1. The van der Waals surface area contributed by atoms with Crippen LogP contribution in [0, 0.1) is 6.92 Å². The normalized spacial score (nSPS) is 10.4. The number of aromatic nitrogens is 2. The largest absolute Gasteiger partial charge is 0.478 e. The van der Waals surface area contributed by atoms with Crippen LogP contribution in [-0.2, 0) is 7.05 Å². The number of carboxylic acid groups (broad SMARTS) is 1. The topological polar surface area (TPSA) is 104 Å². The fourth-order valence-electron chi connectivity index (χ4n) is 2.07. The van der Waals surface area contributed by atoms with Gasteiger partial charge < -0.3 is 20.0 Å². The van der Waals surface area contributed by atoms with Crippen molar-refractivity contribution in [2.75, 3.05) is 5.32 Å². The Balaban J connectivity index is 2.31. The Labute approximate surface area is 120 Å². The van der Waals surface area contributed by atoms with E-state index in [2.05, 4.69) is 10.3 Å². The van der Waals surface area contributed by atoms with Gasteiger partial charge in [-0.2, -0.15) is 0 Å². The lowest BCUT2D eigenvalue weighted by molar-refractivity contribution is 0.0697. The van der Waals surface area contributed by atoms with Gasteiger partial charge in [0.1, 0.15) is 11.3 Å². The first-order valence-electron chi connectivity index (χ1n) is 6.21. The predicted molar refractivity (Wildman–Crippen MR) is 75.9 cm³/mol. The maximum absolute atomic E-state index is 12.2. The second kappa shape index (κ2) is 5.28. The molecule has 2 aromatic heterocycles. The van der Waals surface area contributed by atoms with Crippen LogP contribution >= 0.6 is 0 Å². The third-order valence-corrected chi connectivity index (χ3v) is 3.18. The van der Waals surface area contributed by atoms with E-state index in [1.807, 2.05) is 0 Å². The standard InChI is InChI=1S/C14H15N3O4/c1-7-12(14(20)21)10(5-15-7)16-13(19)11-4-9(8(2)18)6-17(11)3/h4-6,15H,1-3H3,(H,16,19)(H,20,21). The first-order valence-corrected chi connectivity index (χ1v) is 6.21. The van der Waals surface area contributed by atoms with Crippen LogP contribution in [0.4, 0.5) is 5.69 Å². The number of amides is 1. The van der Waals surface area contributed by atoms with Crippen LogP contribution in [0.25, 0.3) is 0 Å². The van der Waals surface area contributed by atoms with Crippen LogP contribution in [0.3, 0.4) is 0 Å². The zero-order chi connectivity index (χ0) is 15.7. The zero-order valence-corrected chi connectivity index (χ0v) is 11.9. The van der Waals surface area contributed by atoms with E-state index in [0.717, 1.165) is 0 Å². The molecule has 7 nitrogen and oxygen atoms in total. The van der Waals surface area contributed by atoms with Gasteiger partial charge in [0.05, 0.1) is 5.69 Å². The van der Waals surface area contributed by atoms with Crippen molar-refractivity contribution in [1.29, 1.82) is 0 Å². The minimum atomic E-state index is -1.12. The zero-order valence-electron chi connectivity index (χ0n) is 11.9. The molecule has 0 saturated heterocycles. The van der Waals surface area contributed by atoms with Gasteiger partial charge >= 0.3 is 5.97 Å². The van der Waals surface area contributed by atoms with Crippen molar-refractivity contribution in [2.45, 2.75) is 13.8 Å². The highest BCUT2D eigenvalue weighted by Gasteiger charge is 2.19. The third-order valence-electron chi connectivity index (χ3n) is 3.18. The van der Waals surface area contributed by atoms with Gasteiger partial charge in [0.25, 0.3) is 5.91 Å². The van der Waals surface area contributed by atoms with Crippen molar-refractivity contribution in [2.24, 2.45) is 7.05 Å². The van der Waals surface area contributed by atoms with Gasteiger partial charge in [-0.1, -0.05) is 0 Å². The molecule has 0 aliphatic heterocycles. The summed E-state index contributed by atoms with van der Waals surface area (Å²) in [5.41, 5.74) is 1.36. The fraction of sp³-hybridized carbons (Fsp3) is 0.214. The summed E-state index contributed by atoms with van der Waals surface area (Å²) in [6, 6.07) is 1.47. The molecule has 0 unspecified atom stereocenters. The lowest BCUT2D eigenvalue weighted by Gasteiger charge is -2.05. The first-order chi connectivity index (χ1) is 9.81. The van der Waals surface area contributed by atoms with E-state index in [1.165, 1.54) is 23.8 Å². The molecule has 2 heterocycles. The molecule has 2 rings (SSSR count). The number of carbonyl (C=O) groups excluding carboxylic acids is 2. The number of Topliss-reactive ketones (excluding diaryl/α,β-unsaturated/α-hetero) is 1. The van der Waals surface area contributed by atoms with Crippen LogP contribution in [0.15, 0.2) is 18.5 Å². The van der Waals surface area contributed by atoms with E-state index in [4.69, 9.17) is 5.11 Å².